The lowest BCUT2D eigenvalue weighted by Crippen LogP contribution is -2.06. The average molecular weight is 261 g/mol. The lowest BCUT2D eigenvalue weighted by Gasteiger charge is -2.08. The van der Waals surface area contributed by atoms with Gasteiger partial charge in [0, 0.05) is 23.2 Å². The number of nitrogens with zero attached hydrogens (tertiary/aromatic N) is 1. The first-order chi connectivity index (χ1) is 8.65. The van der Waals surface area contributed by atoms with E-state index in [4.69, 9.17) is 0 Å². The molecule has 0 fully saturated rings. The number of benzene rings is 1. The Hall–Kier alpha value is -1.88. The smallest absolute Gasteiger partial charge is 0.221 e. The summed E-state index contributed by atoms with van der Waals surface area (Å²) in [6.07, 6.45) is 0. The summed E-state index contributed by atoms with van der Waals surface area (Å²) in [5.74, 6) is -0.0644. The molecule has 18 heavy (non-hydrogen) atoms. The fraction of sp³-hybridized carbons (Fsp3) is 0.231. The standard InChI is InChI=1S/C13H15N3OS/c1-9-13(18-8-15-9)7-14-11-4-3-5-12(6-11)16-10(2)17/h3-6,8,14H,7H2,1-2H3,(H,16,17). The van der Waals surface area contributed by atoms with Crippen molar-refractivity contribution >= 4 is 28.6 Å². The minimum absolute atomic E-state index is 0.0644. The van der Waals surface area contributed by atoms with Crippen molar-refractivity contribution in [3.8, 4) is 0 Å². The SMILES string of the molecule is CC(=O)Nc1cccc(NCc2scnc2C)c1. The molecule has 2 aromatic rings. The van der Waals surface area contributed by atoms with Crippen molar-refractivity contribution in [2.24, 2.45) is 0 Å². The maximum atomic E-state index is 11.0. The number of aromatic nitrogens is 1. The van der Waals surface area contributed by atoms with Crippen molar-refractivity contribution < 1.29 is 4.79 Å². The van der Waals surface area contributed by atoms with Crippen LogP contribution < -0.4 is 10.6 Å². The van der Waals surface area contributed by atoms with Crippen LogP contribution >= 0.6 is 11.3 Å². The van der Waals surface area contributed by atoms with Crippen LogP contribution in [-0.2, 0) is 11.3 Å². The Bertz CT molecular complexity index is 551. The van der Waals surface area contributed by atoms with Gasteiger partial charge in [0.05, 0.1) is 17.7 Å². The van der Waals surface area contributed by atoms with Crippen molar-refractivity contribution in [3.63, 3.8) is 0 Å². The Kier molecular flexibility index (Phi) is 3.94. The Morgan fingerprint density at radius 3 is 2.83 bits per heavy atom. The Balaban J connectivity index is 2.01. The summed E-state index contributed by atoms with van der Waals surface area (Å²) in [6.45, 7) is 4.25. The number of amides is 1. The molecule has 2 rings (SSSR count). The van der Waals surface area contributed by atoms with Gasteiger partial charge >= 0.3 is 0 Å². The van der Waals surface area contributed by atoms with Crippen LogP contribution in [0.15, 0.2) is 29.8 Å². The zero-order valence-electron chi connectivity index (χ0n) is 10.4. The molecule has 5 heteroatoms. The highest BCUT2D eigenvalue weighted by Gasteiger charge is 2.02. The zero-order valence-corrected chi connectivity index (χ0v) is 11.2. The van der Waals surface area contributed by atoms with Gasteiger partial charge in [0.2, 0.25) is 5.91 Å². The molecule has 0 unspecified atom stereocenters. The molecule has 0 aliphatic rings. The maximum Gasteiger partial charge on any atom is 0.221 e. The molecule has 4 nitrogen and oxygen atoms in total. The molecule has 0 aliphatic heterocycles. The summed E-state index contributed by atoms with van der Waals surface area (Å²) in [6, 6.07) is 7.66. The lowest BCUT2D eigenvalue weighted by molar-refractivity contribution is -0.114. The van der Waals surface area contributed by atoms with Gasteiger partial charge in [-0.2, -0.15) is 0 Å². The van der Waals surface area contributed by atoms with Gasteiger partial charge < -0.3 is 10.6 Å². The van der Waals surface area contributed by atoms with Crippen LogP contribution in [0.25, 0.3) is 0 Å². The van der Waals surface area contributed by atoms with E-state index >= 15 is 0 Å². The van der Waals surface area contributed by atoms with Crippen LogP contribution in [0.3, 0.4) is 0 Å². The van der Waals surface area contributed by atoms with E-state index in [9.17, 15) is 4.79 Å². The van der Waals surface area contributed by atoms with Crippen LogP contribution in [0.5, 0.6) is 0 Å². The Morgan fingerprint density at radius 1 is 1.39 bits per heavy atom. The number of carbonyl (C=O) groups is 1. The summed E-state index contributed by atoms with van der Waals surface area (Å²) in [7, 11) is 0. The second-order valence-corrected chi connectivity index (χ2v) is 4.92. The number of hydrogen-bond donors (Lipinski definition) is 2. The molecule has 0 aliphatic carbocycles. The topological polar surface area (TPSA) is 54.0 Å². The molecule has 0 bridgehead atoms. The van der Waals surface area contributed by atoms with Crippen molar-refractivity contribution in [3.05, 3.63) is 40.3 Å². The molecule has 0 spiro atoms. The van der Waals surface area contributed by atoms with Crippen LogP contribution in [-0.4, -0.2) is 10.9 Å². The number of carbonyl (C=O) groups excluding carboxylic acids is 1. The second kappa shape index (κ2) is 5.64. The Morgan fingerprint density at radius 2 is 2.17 bits per heavy atom. The van der Waals surface area contributed by atoms with Crippen molar-refractivity contribution in [1.82, 2.24) is 4.98 Å². The predicted octanol–water partition coefficient (Wildman–Crippen LogP) is 3.02. The third-order valence-electron chi connectivity index (χ3n) is 2.48. The molecule has 0 atom stereocenters. The second-order valence-electron chi connectivity index (χ2n) is 3.98. The highest BCUT2D eigenvalue weighted by atomic mass is 32.1. The van der Waals surface area contributed by atoms with Crippen molar-refractivity contribution in [1.29, 1.82) is 0 Å². The fourth-order valence-corrected chi connectivity index (χ4v) is 2.31. The van der Waals surface area contributed by atoms with E-state index in [-0.39, 0.29) is 5.91 Å². The summed E-state index contributed by atoms with van der Waals surface area (Å²) in [5.41, 5.74) is 4.69. The first-order valence-corrected chi connectivity index (χ1v) is 6.53. The molecule has 94 valence electrons. The lowest BCUT2D eigenvalue weighted by atomic mass is 10.2. The van der Waals surface area contributed by atoms with Gasteiger partial charge in [-0.1, -0.05) is 6.07 Å². The van der Waals surface area contributed by atoms with Crippen molar-refractivity contribution in [2.75, 3.05) is 10.6 Å². The van der Waals surface area contributed by atoms with E-state index < -0.39 is 0 Å². The van der Waals surface area contributed by atoms with Crippen LogP contribution in [0, 0.1) is 6.92 Å². The summed E-state index contributed by atoms with van der Waals surface area (Å²) < 4.78 is 0. The van der Waals surface area contributed by atoms with E-state index in [1.165, 1.54) is 11.8 Å². The van der Waals surface area contributed by atoms with E-state index in [0.29, 0.717) is 0 Å². The predicted molar refractivity (Wildman–Crippen MR) is 74.9 cm³/mol. The summed E-state index contributed by atoms with van der Waals surface area (Å²) >= 11 is 1.64. The quantitative estimate of drug-likeness (QED) is 0.889. The number of nitrogens with one attached hydrogen (secondary N) is 2. The molecular weight excluding hydrogens is 246 g/mol. The highest BCUT2D eigenvalue weighted by molar-refractivity contribution is 7.09. The molecule has 1 heterocycles. The third-order valence-corrected chi connectivity index (χ3v) is 3.42. The van der Waals surface area contributed by atoms with Gasteiger partial charge in [-0.25, -0.2) is 4.98 Å². The zero-order chi connectivity index (χ0) is 13.0. The third kappa shape index (κ3) is 3.30. The van der Waals surface area contributed by atoms with Crippen LogP contribution in [0.2, 0.25) is 0 Å². The number of rotatable bonds is 4. The minimum atomic E-state index is -0.0644. The molecule has 0 saturated carbocycles. The Labute approximate surface area is 110 Å². The van der Waals surface area contributed by atoms with E-state index in [2.05, 4.69) is 15.6 Å². The van der Waals surface area contributed by atoms with E-state index in [1.807, 2.05) is 36.7 Å². The fourth-order valence-electron chi connectivity index (χ4n) is 1.59. The first kappa shape index (κ1) is 12.6. The molecule has 0 radical (unpaired) electrons. The van der Waals surface area contributed by atoms with Crippen LogP contribution in [0.4, 0.5) is 11.4 Å². The van der Waals surface area contributed by atoms with Gasteiger partial charge in [0.1, 0.15) is 0 Å². The average Bonchev–Trinajstić information content (AvgIpc) is 2.72. The van der Waals surface area contributed by atoms with Gasteiger partial charge in [0.15, 0.2) is 0 Å². The normalized spacial score (nSPS) is 10.1. The number of hydrogen-bond acceptors (Lipinski definition) is 4. The molecule has 2 N–H and O–H groups in total. The number of aryl methyl sites for hydroxylation is 1. The van der Waals surface area contributed by atoms with E-state index in [1.54, 1.807) is 11.3 Å². The van der Waals surface area contributed by atoms with Gasteiger partial charge in [0.25, 0.3) is 0 Å². The molecule has 1 aromatic heterocycles. The molecular formula is C13H15N3OS. The number of anilines is 2. The number of thiazole rings is 1. The van der Waals surface area contributed by atoms with Crippen LogP contribution in [0.1, 0.15) is 17.5 Å². The van der Waals surface area contributed by atoms with E-state index in [0.717, 1.165) is 23.6 Å². The molecule has 1 amide bonds. The van der Waals surface area contributed by atoms with Gasteiger partial charge in [-0.05, 0) is 25.1 Å². The monoisotopic (exact) mass is 261 g/mol. The highest BCUT2D eigenvalue weighted by Crippen LogP contribution is 2.18. The maximum absolute atomic E-state index is 11.0. The molecule has 0 saturated heterocycles. The molecule has 1 aromatic carbocycles. The first-order valence-electron chi connectivity index (χ1n) is 5.65. The minimum Gasteiger partial charge on any atom is -0.380 e. The summed E-state index contributed by atoms with van der Waals surface area (Å²) in [5, 5.41) is 6.08. The van der Waals surface area contributed by atoms with Crippen molar-refractivity contribution in [2.45, 2.75) is 20.4 Å². The largest absolute Gasteiger partial charge is 0.380 e. The van der Waals surface area contributed by atoms with Gasteiger partial charge in [-0.15, -0.1) is 11.3 Å². The van der Waals surface area contributed by atoms with Gasteiger partial charge in [-0.3, -0.25) is 4.79 Å². The summed E-state index contributed by atoms with van der Waals surface area (Å²) in [4.78, 5) is 16.4.